The molecule has 19 heavy (non-hydrogen) atoms. The average molecular weight is 286 g/mol. The molecule has 0 aliphatic heterocycles. The summed E-state index contributed by atoms with van der Waals surface area (Å²) in [5.41, 5.74) is 6.00. The number of benzene rings is 1. The highest BCUT2D eigenvalue weighted by molar-refractivity contribution is 6.30. The van der Waals surface area contributed by atoms with Crippen molar-refractivity contribution < 1.29 is 9.18 Å². The van der Waals surface area contributed by atoms with Crippen LogP contribution in [0.2, 0.25) is 5.02 Å². The van der Waals surface area contributed by atoms with Gasteiger partial charge in [0.2, 0.25) is 0 Å². The van der Waals surface area contributed by atoms with E-state index in [2.05, 4.69) is 13.8 Å². The number of nitrogens with two attached hydrogens (primary N) is 1. The van der Waals surface area contributed by atoms with Gasteiger partial charge in [0.05, 0.1) is 0 Å². The molecule has 1 rings (SSSR count). The number of hydrogen-bond acceptors (Lipinski definition) is 2. The van der Waals surface area contributed by atoms with Gasteiger partial charge < -0.3 is 5.73 Å². The lowest BCUT2D eigenvalue weighted by atomic mass is 9.83. The smallest absolute Gasteiger partial charge is 0.137 e. The van der Waals surface area contributed by atoms with Gasteiger partial charge in [0.25, 0.3) is 0 Å². The SMILES string of the molecule is CC(C)(CCN)CCC(=O)Cc1ccc(Cl)cc1F. The van der Waals surface area contributed by atoms with Crippen molar-refractivity contribution >= 4 is 17.4 Å². The number of hydrogen-bond donors (Lipinski definition) is 1. The van der Waals surface area contributed by atoms with Crippen LogP contribution >= 0.6 is 11.6 Å². The van der Waals surface area contributed by atoms with Crippen molar-refractivity contribution in [3.05, 3.63) is 34.6 Å². The molecule has 0 aliphatic rings. The minimum absolute atomic E-state index is 0.0475. The van der Waals surface area contributed by atoms with Gasteiger partial charge in [-0.1, -0.05) is 31.5 Å². The molecule has 0 aliphatic carbocycles. The summed E-state index contributed by atoms with van der Waals surface area (Å²) in [6.45, 7) is 4.80. The number of rotatable bonds is 7. The second-order valence-corrected chi connectivity index (χ2v) is 6.09. The molecule has 1 aromatic carbocycles. The van der Waals surface area contributed by atoms with E-state index in [1.165, 1.54) is 6.07 Å². The van der Waals surface area contributed by atoms with Crippen molar-refractivity contribution in [2.75, 3.05) is 6.54 Å². The molecule has 0 heterocycles. The standard InChI is InChI=1S/C15H21ClFNO/c1-15(2,7-8-18)6-5-13(19)9-11-3-4-12(16)10-14(11)17/h3-4,10H,5-9,18H2,1-2H3. The van der Waals surface area contributed by atoms with E-state index in [1.807, 2.05) is 0 Å². The average Bonchev–Trinajstić information content (AvgIpc) is 2.30. The van der Waals surface area contributed by atoms with Gasteiger partial charge in [-0.05, 0) is 42.5 Å². The molecule has 0 atom stereocenters. The first-order chi connectivity index (χ1) is 8.84. The molecule has 0 aromatic heterocycles. The highest BCUT2D eigenvalue weighted by Gasteiger charge is 2.18. The summed E-state index contributed by atoms with van der Waals surface area (Å²) in [6.07, 6.45) is 2.24. The molecule has 0 amide bonds. The first-order valence-corrected chi connectivity index (χ1v) is 6.87. The van der Waals surface area contributed by atoms with Crippen molar-refractivity contribution in [2.45, 2.75) is 39.5 Å². The van der Waals surface area contributed by atoms with Gasteiger partial charge in [0.15, 0.2) is 0 Å². The van der Waals surface area contributed by atoms with Crippen molar-refractivity contribution in [3.8, 4) is 0 Å². The molecule has 0 radical (unpaired) electrons. The van der Waals surface area contributed by atoms with Crippen LogP contribution in [0.25, 0.3) is 0 Å². The van der Waals surface area contributed by atoms with E-state index in [0.29, 0.717) is 23.6 Å². The fourth-order valence-corrected chi connectivity index (χ4v) is 2.12. The van der Waals surface area contributed by atoms with Crippen molar-refractivity contribution in [1.29, 1.82) is 0 Å². The predicted molar refractivity (Wildman–Crippen MR) is 76.8 cm³/mol. The maximum Gasteiger partial charge on any atom is 0.137 e. The van der Waals surface area contributed by atoms with Crippen molar-refractivity contribution in [3.63, 3.8) is 0 Å². The minimum Gasteiger partial charge on any atom is -0.330 e. The maximum atomic E-state index is 13.6. The van der Waals surface area contributed by atoms with Crippen LogP contribution in [0, 0.1) is 11.2 Å². The Labute approximate surface area is 119 Å². The van der Waals surface area contributed by atoms with E-state index in [1.54, 1.807) is 12.1 Å². The third kappa shape index (κ3) is 5.70. The molecule has 0 saturated heterocycles. The van der Waals surface area contributed by atoms with Crippen LogP contribution < -0.4 is 5.73 Å². The molecule has 0 saturated carbocycles. The fraction of sp³-hybridized carbons (Fsp3) is 0.533. The molecule has 0 fully saturated rings. The molecule has 106 valence electrons. The van der Waals surface area contributed by atoms with Gasteiger partial charge in [0.1, 0.15) is 11.6 Å². The van der Waals surface area contributed by atoms with E-state index < -0.39 is 5.82 Å². The third-order valence-electron chi connectivity index (χ3n) is 3.30. The lowest BCUT2D eigenvalue weighted by Gasteiger charge is -2.23. The zero-order chi connectivity index (χ0) is 14.5. The van der Waals surface area contributed by atoms with Crippen molar-refractivity contribution in [2.24, 2.45) is 11.1 Å². The lowest BCUT2D eigenvalue weighted by molar-refractivity contribution is -0.119. The van der Waals surface area contributed by atoms with E-state index in [-0.39, 0.29) is 17.6 Å². The van der Waals surface area contributed by atoms with Crippen LogP contribution in [0.4, 0.5) is 4.39 Å². The molecule has 0 spiro atoms. The molecular weight excluding hydrogens is 265 g/mol. The highest BCUT2D eigenvalue weighted by Crippen LogP contribution is 2.26. The molecule has 4 heteroatoms. The van der Waals surface area contributed by atoms with E-state index in [9.17, 15) is 9.18 Å². The summed E-state index contributed by atoms with van der Waals surface area (Å²) >= 11 is 5.67. The largest absolute Gasteiger partial charge is 0.330 e. The third-order valence-corrected chi connectivity index (χ3v) is 3.54. The Morgan fingerprint density at radius 2 is 2.05 bits per heavy atom. The van der Waals surface area contributed by atoms with E-state index in [4.69, 9.17) is 17.3 Å². The molecular formula is C15H21ClFNO. The van der Waals surface area contributed by atoms with Crippen LogP contribution in [-0.2, 0) is 11.2 Å². The monoisotopic (exact) mass is 285 g/mol. The summed E-state index contributed by atoms with van der Waals surface area (Å²) in [4.78, 5) is 11.9. The summed E-state index contributed by atoms with van der Waals surface area (Å²) in [5, 5.41) is 0.345. The van der Waals surface area contributed by atoms with Crippen molar-refractivity contribution in [1.82, 2.24) is 0 Å². The zero-order valence-electron chi connectivity index (χ0n) is 11.5. The lowest BCUT2D eigenvalue weighted by Crippen LogP contribution is -2.19. The first kappa shape index (κ1) is 16.1. The maximum absolute atomic E-state index is 13.6. The first-order valence-electron chi connectivity index (χ1n) is 6.50. The number of Topliss-reactive ketones (excluding diaryl/α,β-unsaturated/α-hetero) is 1. The predicted octanol–water partition coefficient (Wildman–Crippen LogP) is 3.75. The van der Waals surface area contributed by atoms with Gasteiger partial charge >= 0.3 is 0 Å². The highest BCUT2D eigenvalue weighted by atomic mass is 35.5. The minimum atomic E-state index is -0.415. The number of ketones is 1. The van der Waals surface area contributed by atoms with Crippen LogP contribution in [0.5, 0.6) is 0 Å². The van der Waals surface area contributed by atoms with Crippen LogP contribution in [0.3, 0.4) is 0 Å². The Balaban J connectivity index is 2.52. The Hall–Kier alpha value is -0.930. The fourth-order valence-electron chi connectivity index (χ4n) is 1.96. The molecule has 1 aromatic rings. The van der Waals surface area contributed by atoms with Gasteiger partial charge in [-0.25, -0.2) is 4.39 Å². The molecule has 0 unspecified atom stereocenters. The Morgan fingerprint density at radius 3 is 2.63 bits per heavy atom. The molecule has 0 bridgehead atoms. The van der Waals surface area contributed by atoms with Gasteiger partial charge in [-0.3, -0.25) is 4.79 Å². The summed E-state index contributed by atoms with van der Waals surface area (Å²) in [7, 11) is 0. The van der Waals surface area contributed by atoms with Gasteiger partial charge in [-0.2, -0.15) is 0 Å². The van der Waals surface area contributed by atoms with Crippen LogP contribution in [-0.4, -0.2) is 12.3 Å². The topological polar surface area (TPSA) is 43.1 Å². The summed E-state index contributed by atoms with van der Waals surface area (Å²) in [5.74, 6) is -0.367. The normalized spacial score (nSPS) is 11.6. The van der Waals surface area contributed by atoms with Gasteiger partial charge in [0, 0.05) is 17.9 Å². The quantitative estimate of drug-likeness (QED) is 0.829. The van der Waals surface area contributed by atoms with E-state index in [0.717, 1.165) is 12.8 Å². The Bertz CT molecular complexity index is 446. The number of halogens is 2. The van der Waals surface area contributed by atoms with Crippen LogP contribution in [0.15, 0.2) is 18.2 Å². The number of carbonyl (C=O) groups excluding carboxylic acids is 1. The molecule has 2 N–H and O–H groups in total. The van der Waals surface area contributed by atoms with Crippen LogP contribution in [0.1, 0.15) is 38.7 Å². The van der Waals surface area contributed by atoms with E-state index >= 15 is 0 Å². The summed E-state index contributed by atoms with van der Waals surface area (Å²) in [6, 6.07) is 4.41. The number of carbonyl (C=O) groups is 1. The summed E-state index contributed by atoms with van der Waals surface area (Å²) < 4.78 is 13.6. The second-order valence-electron chi connectivity index (χ2n) is 5.65. The Kier molecular flexibility index (Phi) is 5.95. The zero-order valence-corrected chi connectivity index (χ0v) is 12.3. The molecule has 2 nitrogen and oxygen atoms in total. The Morgan fingerprint density at radius 1 is 1.37 bits per heavy atom. The second kappa shape index (κ2) is 7.01. The van der Waals surface area contributed by atoms with Gasteiger partial charge in [-0.15, -0.1) is 0 Å².